The quantitative estimate of drug-likeness (QED) is 0.495. The number of aryl methyl sites for hydroxylation is 1. The molecule has 1 aromatic heterocycles. The fraction of sp³-hybridized carbons (Fsp3) is 0.368. The van der Waals surface area contributed by atoms with E-state index in [9.17, 15) is 4.79 Å². The number of nitrogens with one attached hydrogen (secondary N) is 2. The number of amides is 1. The van der Waals surface area contributed by atoms with Crippen LogP contribution in [0.1, 0.15) is 28.8 Å². The van der Waals surface area contributed by atoms with E-state index in [2.05, 4.69) is 58.6 Å². The lowest BCUT2D eigenvalue weighted by Crippen LogP contribution is -2.41. The van der Waals surface area contributed by atoms with E-state index < -0.39 is 5.91 Å². The van der Waals surface area contributed by atoms with Crippen LogP contribution in [0.3, 0.4) is 0 Å². The normalized spacial score (nSPS) is 11.3. The van der Waals surface area contributed by atoms with E-state index in [1.54, 1.807) is 19.2 Å². The van der Waals surface area contributed by atoms with Crippen LogP contribution in [0.15, 0.2) is 45.8 Å². The summed E-state index contributed by atoms with van der Waals surface area (Å²) in [6.45, 7) is 7.18. The number of rotatable bonds is 8. The molecule has 4 N–H and O–H groups in total. The second kappa shape index (κ2) is 9.50. The molecule has 0 unspecified atom stereocenters. The number of hydrogen-bond donors (Lipinski definition) is 3. The molecule has 0 saturated carbocycles. The van der Waals surface area contributed by atoms with Crippen molar-refractivity contribution in [1.82, 2.24) is 10.6 Å². The van der Waals surface area contributed by atoms with Gasteiger partial charge in [-0.05, 0) is 43.7 Å². The zero-order chi connectivity index (χ0) is 18.9. The summed E-state index contributed by atoms with van der Waals surface area (Å²) in [6.07, 6.45) is 0. The third-order valence-corrected chi connectivity index (χ3v) is 3.98. The number of likely N-dealkylation sites (N-methyl/N-ethyl adjacent to an activating group) is 1. The standard InChI is InChI=1S/C19H27N5O2/c1-4-24(15-7-5-6-14(2)12-15)11-10-22-19(21-3)23-13-16-8-9-17(26-16)18(20)25/h5-9,12H,4,10-11,13H2,1-3H3,(H2,20,25)(H2,21,22,23). The van der Waals surface area contributed by atoms with Crippen LogP contribution in [0.25, 0.3) is 0 Å². The third-order valence-electron chi connectivity index (χ3n) is 3.98. The molecule has 1 heterocycles. The van der Waals surface area contributed by atoms with Gasteiger partial charge in [0.05, 0.1) is 6.54 Å². The average Bonchev–Trinajstić information content (AvgIpc) is 3.10. The number of benzene rings is 1. The van der Waals surface area contributed by atoms with Gasteiger partial charge in [-0.25, -0.2) is 0 Å². The molecule has 1 aromatic carbocycles. The van der Waals surface area contributed by atoms with Gasteiger partial charge in [0.1, 0.15) is 5.76 Å². The SMILES string of the molecule is CCN(CCNC(=NC)NCc1ccc(C(N)=O)o1)c1cccc(C)c1. The van der Waals surface area contributed by atoms with Gasteiger partial charge in [-0.2, -0.15) is 0 Å². The van der Waals surface area contributed by atoms with E-state index in [0.29, 0.717) is 18.3 Å². The summed E-state index contributed by atoms with van der Waals surface area (Å²) in [7, 11) is 1.71. The van der Waals surface area contributed by atoms with Crippen molar-refractivity contribution < 1.29 is 9.21 Å². The summed E-state index contributed by atoms with van der Waals surface area (Å²) in [5.74, 6) is 0.870. The first-order chi connectivity index (χ1) is 12.5. The van der Waals surface area contributed by atoms with Gasteiger partial charge in [0.25, 0.3) is 5.91 Å². The fourth-order valence-corrected chi connectivity index (χ4v) is 2.60. The molecule has 0 bridgehead atoms. The lowest BCUT2D eigenvalue weighted by atomic mass is 10.2. The smallest absolute Gasteiger partial charge is 0.284 e. The summed E-state index contributed by atoms with van der Waals surface area (Å²) < 4.78 is 5.34. The number of nitrogens with two attached hydrogens (primary N) is 1. The van der Waals surface area contributed by atoms with Gasteiger partial charge < -0.3 is 25.7 Å². The lowest BCUT2D eigenvalue weighted by molar-refractivity contribution is 0.0972. The van der Waals surface area contributed by atoms with Gasteiger partial charge in [0, 0.05) is 32.4 Å². The lowest BCUT2D eigenvalue weighted by Gasteiger charge is -2.24. The van der Waals surface area contributed by atoms with Crippen LogP contribution >= 0.6 is 0 Å². The van der Waals surface area contributed by atoms with Crippen molar-refractivity contribution in [3.8, 4) is 0 Å². The molecular weight excluding hydrogens is 330 g/mol. The van der Waals surface area contributed by atoms with Gasteiger partial charge in [-0.15, -0.1) is 0 Å². The molecule has 0 aliphatic carbocycles. The number of furan rings is 1. The Labute approximate surface area is 154 Å². The number of hydrogen-bond acceptors (Lipinski definition) is 4. The van der Waals surface area contributed by atoms with Crippen LogP contribution in [0.5, 0.6) is 0 Å². The van der Waals surface area contributed by atoms with Gasteiger partial charge in [0.2, 0.25) is 0 Å². The molecular formula is C19H27N5O2. The highest BCUT2D eigenvalue weighted by atomic mass is 16.3. The minimum Gasteiger partial charge on any atom is -0.454 e. The molecule has 0 fully saturated rings. The van der Waals surface area contributed by atoms with Crippen LogP contribution in [0, 0.1) is 6.92 Å². The molecule has 2 rings (SSSR count). The Hall–Kier alpha value is -2.96. The molecule has 1 amide bonds. The molecule has 0 saturated heterocycles. The Balaban J connectivity index is 1.81. The van der Waals surface area contributed by atoms with Gasteiger partial charge in [-0.3, -0.25) is 9.79 Å². The maximum atomic E-state index is 11.0. The van der Waals surface area contributed by atoms with E-state index in [-0.39, 0.29) is 5.76 Å². The second-order valence-electron chi connectivity index (χ2n) is 5.90. The average molecular weight is 357 g/mol. The molecule has 140 valence electrons. The van der Waals surface area contributed by atoms with Crippen molar-refractivity contribution in [1.29, 1.82) is 0 Å². The number of carbonyl (C=O) groups excluding carboxylic acids is 1. The summed E-state index contributed by atoms with van der Waals surface area (Å²) >= 11 is 0. The number of anilines is 1. The number of guanidine groups is 1. The van der Waals surface area contributed by atoms with Crippen molar-refractivity contribution in [2.24, 2.45) is 10.7 Å². The first-order valence-corrected chi connectivity index (χ1v) is 8.68. The monoisotopic (exact) mass is 357 g/mol. The minimum absolute atomic E-state index is 0.154. The van der Waals surface area contributed by atoms with E-state index in [1.807, 2.05) is 0 Å². The van der Waals surface area contributed by atoms with Crippen molar-refractivity contribution >= 4 is 17.6 Å². The highest BCUT2D eigenvalue weighted by Gasteiger charge is 2.08. The van der Waals surface area contributed by atoms with E-state index in [1.165, 1.54) is 11.3 Å². The molecule has 26 heavy (non-hydrogen) atoms. The first-order valence-electron chi connectivity index (χ1n) is 8.68. The zero-order valence-electron chi connectivity index (χ0n) is 15.6. The number of primary amides is 1. The Kier molecular flexibility index (Phi) is 7.08. The number of aliphatic imine (C=N–C) groups is 1. The summed E-state index contributed by atoms with van der Waals surface area (Å²) in [4.78, 5) is 17.5. The molecule has 7 nitrogen and oxygen atoms in total. The van der Waals surface area contributed by atoms with Crippen molar-refractivity contribution in [2.45, 2.75) is 20.4 Å². The molecule has 2 aromatic rings. The predicted molar refractivity (Wildman–Crippen MR) is 104 cm³/mol. The topological polar surface area (TPSA) is 95.9 Å². The maximum absolute atomic E-state index is 11.0. The van der Waals surface area contributed by atoms with E-state index >= 15 is 0 Å². The fourth-order valence-electron chi connectivity index (χ4n) is 2.60. The molecule has 0 aliphatic rings. The van der Waals surface area contributed by atoms with Crippen LogP contribution in [-0.2, 0) is 6.54 Å². The largest absolute Gasteiger partial charge is 0.454 e. The van der Waals surface area contributed by atoms with Crippen molar-refractivity contribution in [3.63, 3.8) is 0 Å². The predicted octanol–water partition coefficient (Wildman–Crippen LogP) is 1.88. The van der Waals surface area contributed by atoms with Crippen LogP contribution in [0.4, 0.5) is 5.69 Å². The third kappa shape index (κ3) is 5.54. The van der Waals surface area contributed by atoms with Crippen LogP contribution < -0.4 is 21.3 Å². The summed E-state index contributed by atoms with van der Waals surface area (Å²) in [5, 5.41) is 6.44. The Morgan fingerprint density at radius 1 is 1.27 bits per heavy atom. The van der Waals surface area contributed by atoms with E-state index in [0.717, 1.165) is 19.6 Å². The molecule has 0 spiro atoms. The zero-order valence-corrected chi connectivity index (χ0v) is 15.6. The molecule has 0 atom stereocenters. The van der Waals surface area contributed by atoms with Gasteiger partial charge >= 0.3 is 0 Å². The number of nitrogens with zero attached hydrogens (tertiary/aromatic N) is 2. The highest BCUT2D eigenvalue weighted by molar-refractivity contribution is 5.89. The first kappa shape index (κ1) is 19.4. The molecule has 0 aliphatic heterocycles. The molecule has 0 radical (unpaired) electrons. The maximum Gasteiger partial charge on any atom is 0.284 e. The molecule has 7 heteroatoms. The van der Waals surface area contributed by atoms with Crippen molar-refractivity contribution in [3.05, 3.63) is 53.5 Å². The Bertz CT molecular complexity index is 754. The second-order valence-corrected chi connectivity index (χ2v) is 5.90. The Morgan fingerprint density at radius 2 is 2.08 bits per heavy atom. The Morgan fingerprint density at radius 3 is 2.69 bits per heavy atom. The van der Waals surface area contributed by atoms with E-state index in [4.69, 9.17) is 10.2 Å². The number of carbonyl (C=O) groups is 1. The van der Waals surface area contributed by atoms with Crippen molar-refractivity contribution in [2.75, 3.05) is 31.6 Å². The van der Waals surface area contributed by atoms with Gasteiger partial charge in [0.15, 0.2) is 11.7 Å². The summed E-state index contributed by atoms with van der Waals surface area (Å²) in [6, 6.07) is 11.8. The van der Waals surface area contributed by atoms with Gasteiger partial charge in [-0.1, -0.05) is 12.1 Å². The van der Waals surface area contributed by atoms with Crippen LogP contribution in [0.2, 0.25) is 0 Å². The highest BCUT2D eigenvalue weighted by Crippen LogP contribution is 2.15. The minimum atomic E-state index is -0.574. The summed E-state index contributed by atoms with van der Waals surface area (Å²) in [5.41, 5.74) is 7.64. The van der Waals surface area contributed by atoms with Crippen LogP contribution in [-0.4, -0.2) is 38.5 Å².